The van der Waals surface area contributed by atoms with Crippen molar-refractivity contribution in [2.24, 2.45) is 23.2 Å². The molecule has 4 rings (SSSR count). The first-order valence-corrected chi connectivity index (χ1v) is 8.57. The van der Waals surface area contributed by atoms with Crippen LogP contribution in [0.25, 0.3) is 0 Å². The first kappa shape index (κ1) is 14.2. The van der Waals surface area contributed by atoms with Crippen LogP contribution in [-0.4, -0.2) is 17.4 Å². The van der Waals surface area contributed by atoms with Crippen molar-refractivity contribution in [2.75, 3.05) is 0 Å². The first-order chi connectivity index (χ1) is 10.4. The lowest BCUT2D eigenvalue weighted by Gasteiger charge is -2.57. The molecule has 0 bridgehead atoms. The number of hydrogen-bond donors (Lipinski definition) is 0. The molecule has 0 aromatic carbocycles. The van der Waals surface area contributed by atoms with E-state index in [-0.39, 0.29) is 22.8 Å². The van der Waals surface area contributed by atoms with Crippen molar-refractivity contribution in [1.29, 1.82) is 0 Å². The van der Waals surface area contributed by atoms with Crippen LogP contribution in [0.15, 0.2) is 23.8 Å². The van der Waals surface area contributed by atoms with E-state index in [1.54, 1.807) is 0 Å². The zero-order valence-corrected chi connectivity index (χ0v) is 13.4. The molecule has 118 valence electrons. The van der Waals surface area contributed by atoms with Crippen molar-refractivity contribution in [3.05, 3.63) is 23.8 Å². The Morgan fingerprint density at radius 3 is 2.73 bits per heavy atom. The summed E-state index contributed by atoms with van der Waals surface area (Å²) in [5.74, 6) is 1.71. The number of ether oxygens (including phenoxy) is 1. The number of esters is 1. The monoisotopic (exact) mass is 300 g/mol. The Balaban J connectivity index is 1.73. The largest absolute Gasteiger partial charge is 0.459 e. The Morgan fingerprint density at radius 2 is 1.91 bits per heavy atom. The number of fused-ring (bicyclic) bond motifs is 5. The van der Waals surface area contributed by atoms with Crippen LogP contribution in [0.5, 0.6) is 0 Å². The van der Waals surface area contributed by atoms with Crippen LogP contribution in [0, 0.1) is 23.2 Å². The number of ketones is 1. The first-order valence-electron chi connectivity index (χ1n) is 8.57. The van der Waals surface area contributed by atoms with Crippen LogP contribution in [0.2, 0.25) is 0 Å². The van der Waals surface area contributed by atoms with Gasteiger partial charge in [0.2, 0.25) is 0 Å². The summed E-state index contributed by atoms with van der Waals surface area (Å²) in [6.45, 7) is 4.46. The molecule has 3 nitrogen and oxygen atoms in total. The van der Waals surface area contributed by atoms with Crippen molar-refractivity contribution in [1.82, 2.24) is 0 Å². The number of allylic oxidation sites excluding steroid dienone is 4. The molecule has 1 aliphatic heterocycles. The van der Waals surface area contributed by atoms with E-state index in [4.69, 9.17) is 4.74 Å². The molecule has 1 saturated heterocycles. The third kappa shape index (κ3) is 1.87. The number of rotatable bonds is 0. The van der Waals surface area contributed by atoms with Crippen molar-refractivity contribution in [3.63, 3.8) is 0 Å². The van der Waals surface area contributed by atoms with Gasteiger partial charge in [0.25, 0.3) is 0 Å². The molecule has 22 heavy (non-hydrogen) atoms. The van der Waals surface area contributed by atoms with Crippen LogP contribution in [0.3, 0.4) is 0 Å². The minimum Gasteiger partial charge on any atom is -0.459 e. The molecule has 3 aliphatic carbocycles. The molecule has 0 aromatic rings. The summed E-state index contributed by atoms with van der Waals surface area (Å²) in [7, 11) is 0. The molecule has 4 aliphatic rings. The Hall–Kier alpha value is -1.38. The fraction of sp³-hybridized carbons (Fsp3) is 0.684. The summed E-state index contributed by atoms with van der Waals surface area (Å²) in [5.41, 5.74) is 1.06. The van der Waals surface area contributed by atoms with Crippen LogP contribution < -0.4 is 0 Å². The second kappa shape index (κ2) is 4.56. The van der Waals surface area contributed by atoms with E-state index in [0.29, 0.717) is 30.6 Å². The van der Waals surface area contributed by atoms with Gasteiger partial charge >= 0.3 is 5.97 Å². The maximum Gasteiger partial charge on any atom is 0.306 e. The molecular formula is C19H24O3. The number of carbonyl (C=O) groups excluding carboxylic acids is 2. The van der Waals surface area contributed by atoms with Gasteiger partial charge in [-0.15, -0.1) is 0 Å². The van der Waals surface area contributed by atoms with E-state index in [1.807, 2.05) is 6.08 Å². The quantitative estimate of drug-likeness (QED) is 0.642. The van der Waals surface area contributed by atoms with Gasteiger partial charge in [-0.2, -0.15) is 0 Å². The highest BCUT2D eigenvalue weighted by molar-refractivity contribution is 5.92. The summed E-state index contributed by atoms with van der Waals surface area (Å²) in [6.07, 6.45) is 11.5. The molecule has 0 radical (unpaired) electrons. The molecule has 1 heterocycles. The summed E-state index contributed by atoms with van der Waals surface area (Å²) in [6, 6.07) is 0. The lowest BCUT2D eigenvalue weighted by molar-refractivity contribution is -0.188. The van der Waals surface area contributed by atoms with Crippen molar-refractivity contribution < 1.29 is 14.3 Å². The minimum absolute atomic E-state index is 0.0351. The third-order valence-corrected chi connectivity index (χ3v) is 6.85. The van der Waals surface area contributed by atoms with Crippen LogP contribution >= 0.6 is 0 Å². The Kier molecular flexibility index (Phi) is 2.95. The molecule has 0 aromatic heterocycles. The third-order valence-electron chi connectivity index (χ3n) is 6.85. The maximum absolute atomic E-state index is 11.8. The topological polar surface area (TPSA) is 43.4 Å². The lowest BCUT2D eigenvalue weighted by Crippen LogP contribution is -2.55. The molecule has 3 heteroatoms. The van der Waals surface area contributed by atoms with Crippen molar-refractivity contribution in [2.45, 2.75) is 58.0 Å². The zero-order valence-electron chi connectivity index (χ0n) is 13.4. The highest BCUT2D eigenvalue weighted by Crippen LogP contribution is 2.59. The van der Waals surface area contributed by atoms with Gasteiger partial charge in [-0.1, -0.05) is 19.1 Å². The van der Waals surface area contributed by atoms with Crippen molar-refractivity contribution >= 4 is 11.8 Å². The van der Waals surface area contributed by atoms with Gasteiger partial charge in [-0.05, 0) is 61.5 Å². The van der Waals surface area contributed by atoms with Gasteiger partial charge in [0.1, 0.15) is 5.60 Å². The van der Waals surface area contributed by atoms with Gasteiger partial charge in [0, 0.05) is 18.8 Å². The Bertz CT molecular complexity index is 602. The smallest absolute Gasteiger partial charge is 0.306 e. The standard InChI is InChI=1S/C19H24O3/c1-18-9-7-13(20)11-12(18)3-4-14-15(18)8-10-19(2)16(14)5-6-17(21)22-19/h3-4,11,14-16H,5-10H2,1-2H3/t14-,15+,16-,18-,19-/m1/s1. The molecular weight excluding hydrogens is 276 g/mol. The normalized spacial score (nSPS) is 47.0. The molecule has 0 amide bonds. The number of carbonyl (C=O) groups is 2. The lowest BCUT2D eigenvalue weighted by atomic mass is 9.50. The van der Waals surface area contributed by atoms with Gasteiger partial charge in [-0.25, -0.2) is 0 Å². The highest BCUT2D eigenvalue weighted by atomic mass is 16.6. The van der Waals surface area contributed by atoms with Gasteiger partial charge < -0.3 is 4.74 Å². The number of hydrogen-bond acceptors (Lipinski definition) is 3. The van der Waals surface area contributed by atoms with Crippen LogP contribution in [0.1, 0.15) is 52.4 Å². The predicted molar refractivity (Wildman–Crippen MR) is 83.0 cm³/mol. The second-order valence-electron chi connectivity index (χ2n) is 8.00. The van der Waals surface area contributed by atoms with E-state index in [1.165, 1.54) is 5.57 Å². The van der Waals surface area contributed by atoms with E-state index in [0.717, 1.165) is 25.7 Å². The molecule has 0 unspecified atom stereocenters. The van der Waals surface area contributed by atoms with Gasteiger partial charge in [-0.3, -0.25) is 9.59 Å². The fourth-order valence-corrected chi connectivity index (χ4v) is 5.52. The molecule has 5 atom stereocenters. The summed E-state index contributed by atoms with van der Waals surface area (Å²) >= 11 is 0. The molecule has 2 fully saturated rings. The minimum atomic E-state index is -0.289. The maximum atomic E-state index is 11.8. The van der Waals surface area contributed by atoms with Crippen LogP contribution in [-0.2, 0) is 14.3 Å². The van der Waals surface area contributed by atoms with E-state index >= 15 is 0 Å². The Labute approximate surface area is 131 Å². The van der Waals surface area contributed by atoms with E-state index < -0.39 is 0 Å². The van der Waals surface area contributed by atoms with Gasteiger partial charge in [0.15, 0.2) is 5.78 Å². The average Bonchev–Trinajstić information content (AvgIpc) is 2.46. The summed E-state index contributed by atoms with van der Waals surface area (Å²) < 4.78 is 5.77. The molecule has 1 saturated carbocycles. The predicted octanol–water partition coefficient (Wildman–Crippen LogP) is 3.59. The summed E-state index contributed by atoms with van der Waals surface area (Å²) in [4.78, 5) is 23.5. The van der Waals surface area contributed by atoms with Crippen LogP contribution in [0.4, 0.5) is 0 Å². The van der Waals surface area contributed by atoms with Gasteiger partial charge in [0.05, 0.1) is 0 Å². The summed E-state index contributed by atoms with van der Waals surface area (Å²) in [5, 5.41) is 0. The fourth-order valence-electron chi connectivity index (χ4n) is 5.52. The average molecular weight is 300 g/mol. The van der Waals surface area contributed by atoms with E-state index in [2.05, 4.69) is 26.0 Å². The SMILES string of the molecule is C[C@@]12CC[C@H]3[C@@H](C=CC4=CC(=O)CC[C@]43C)[C@H]1CCC(=O)O2. The zero-order chi connectivity index (χ0) is 15.5. The van der Waals surface area contributed by atoms with Crippen molar-refractivity contribution in [3.8, 4) is 0 Å². The van der Waals surface area contributed by atoms with E-state index in [9.17, 15) is 9.59 Å². The highest BCUT2D eigenvalue weighted by Gasteiger charge is 2.56. The molecule has 0 spiro atoms. The second-order valence-corrected chi connectivity index (χ2v) is 8.00. The molecule has 0 N–H and O–H groups in total. The Morgan fingerprint density at radius 1 is 1.09 bits per heavy atom.